The second-order valence-corrected chi connectivity index (χ2v) is 30.6. The number of nitrogens with one attached hydrogen (secondary N) is 1. The van der Waals surface area contributed by atoms with Crippen LogP contribution < -0.4 is 5.32 Å². The van der Waals surface area contributed by atoms with Crippen molar-refractivity contribution in [2.75, 3.05) is 13.2 Å². The minimum Gasteiger partial charge on any atom is -0.466 e. The Kier molecular flexibility index (Phi) is 82.3. The summed E-state index contributed by atoms with van der Waals surface area (Å²) in [6, 6.07) is -0.538. The molecule has 6 nitrogen and oxygen atoms in total. The Morgan fingerprint density at radius 1 is 0.258 bits per heavy atom. The topological polar surface area (TPSA) is 95.9 Å². The van der Waals surface area contributed by atoms with Gasteiger partial charge in [0.15, 0.2) is 0 Å². The number of hydrogen-bond donors (Lipinski definition) is 3. The first-order chi connectivity index (χ1) is 46.0. The molecule has 0 fully saturated rings. The maximum Gasteiger partial charge on any atom is 0.305 e. The molecule has 0 bridgehead atoms. The van der Waals surface area contributed by atoms with Crippen molar-refractivity contribution in [2.24, 2.45) is 0 Å². The van der Waals surface area contributed by atoms with Crippen molar-refractivity contribution < 1.29 is 24.5 Å². The number of aliphatic hydroxyl groups is 2. The first-order valence-corrected chi connectivity index (χ1v) is 43.8. The fourth-order valence-electron chi connectivity index (χ4n) is 14.5. The van der Waals surface area contributed by atoms with Crippen molar-refractivity contribution in [3.8, 4) is 0 Å². The molecule has 3 N–H and O–H groups in total. The van der Waals surface area contributed by atoms with Crippen molar-refractivity contribution in [1.29, 1.82) is 0 Å². The smallest absolute Gasteiger partial charge is 0.305 e. The quantitative estimate of drug-likeness (QED) is 0.0417. The van der Waals surface area contributed by atoms with E-state index in [0.29, 0.717) is 25.9 Å². The molecule has 0 aliphatic rings. The van der Waals surface area contributed by atoms with Gasteiger partial charge < -0.3 is 20.3 Å². The highest BCUT2D eigenvalue weighted by Gasteiger charge is 2.20. The van der Waals surface area contributed by atoms with Crippen molar-refractivity contribution in [3.63, 3.8) is 0 Å². The Bertz CT molecular complexity index is 1370. The van der Waals surface area contributed by atoms with E-state index in [1.807, 2.05) is 0 Å². The lowest BCUT2D eigenvalue weighted by molar-refractivity contribution is -0.143. The number of carbonyl (C=O) groups is 2. The lowest BCUT2D eigenvalue weighted by Gasteiger charge is -2.22. The minimum absolute atomic E-state index is 0.0231. The molecule has 0 saturated heterocycles. The summed E-state index contributed by atoms with van der Waals surface area (Å²) in [6.07, 6.45) is 105. The molecule has 0 aliphatic carbocycles. The van der Waals surface area contributed by atoms with Gasteiger partial charge in [0.1, 0.15) is 0 Å². The zero-order valence-electron chi connectivity index (χ0n) is 64.0. The van der Waals surface area contributed by atoms with Crippen LogP contribution in [-0.2, 0) is 14.3 Å². The van der Waals surface area contributed by atoms with Crippen molar-refractivity contribution >= 4 is 11.9 Å². The molecule has 0 aromatic rings. The standard InChI is InChI=1S/C87H173NO5/c1-3-5-7-9-11-13-15-17-19-21-23-24-25-37-40-44-47-51-55-59-63-67-71-75-79-85(90)84(83-89)88-86(91)80-76-72-68-64-60-56-52-48-45-41-38-35-33-31-29-27-26-28-30-32-34-36-39-42-46-50-54-58-62-66-70-74-78-82-93-87(92)81-77-73-69-65-61-57-53-49-43-22-20-18-16-14-12-10-8-6-4-2/h84-85,89-90H,3-83H2,1-2H3,(H,88,91). The Morgan fingerprint density at radius 2 is 0.441 bits per heavy atom. The second-order valence-electron chi connectivity index (χ2n) is 30.6. The van der Waals surface area contributed by atoms with Crippen LogP contribution in [0.4, 0.5) is 0 Å². The van der Waals surface area contributed by atoms with E-state index in [9.17, 15) is 19.8 Å². The Labute approximate surface area is 585 Å². The van der Waals surface area contributed by atoms with Crippen molar-refractivity contribution in [1.82, 2.24) is 5.32 Å². The van der Waals surface area contributed by atoms with E-state index < -0.39 is 12.1 Å². The van der Waals surface area contributed by atoms with Gasteiger partial charge in [0.2, 0.25) is 5.91 Å². The van der Waals surface area contributed by atoms with Crippen molar-refractivity contribution in [3.05, 3.63) is 0 Å². The predicted molar refractivity (Wildman–Crippen MR) is 412 cm³/mol. The molecular weight excluding hydrogens is 1140 g/mol. The Hall–Kier alpha value is -1.14. The molecule has 6 heteroatoms. The van der Waals surface area contributed by atoms with Crippen LogP contribution in [0, 0.1) is 0 Å². The van der Waals surface area contributed by atoms with E-state index in [0.717, 1.165) is 38.5 Å². The van der Waals surface area contributed by atoms with Crippen LogP contribution in [0.15, 0.2) is 0 Å². The fraction of sp³-hybridized carbons (Fsp3) is 0.977. The Morgan fingerprint density at radius 3 is 0.656 bits per heavy atom. The van der Waals surface area contributed by atoms with E-state index in [1.54, 1.807) is 0 Å². The van der Waals surface area contributed by atoms with Crippen molar-refractivity contribution in [2.45, 2.75) is 533 Å². The second kappa shape index (κ2) is 83.3. The number of amides is 1. The molecule has 556 valence electrons. The van der Waals surface area contributed by atoms with Gasteiger partial charge >= 0.3 is 5.97 Å². The SMILES string of the molecule is CCCCCCCCCCCCCCCCCCCCCCCCCCC(O)C(CO)NC(=O)CCCCCCCCCCCCCCCCCCCCCCCCCCCCCCCCCCCOC(=O)CCCCCCCCCCCCCCCCCCCCC. The van der Waals surface area contributed by atoms with Gasteiger partial charge in [-0.15, -0.1) is 0 Å². The molecule has 0 heterocycles. The fourth-order valence-corrected chi connectivity index (χ4v) is 14.5. The summed E-state index contributed by atoms with van der Waals surface area (Å²) >= 11 is 0. The van der Waals surface area contributed by atoms with Gasteiger partial charge in [-0.3, -0.25) is 9.59 Å². The lowest BCUT2D eigenvalue weighted by atomic mass is 10.0. The third kappa shape index (κ3) is 79.7. The van der Waals surface area contributed by atoms with E-state index >= 15 is 0 Å². The number of unbranched alkanes of at least 4 members (excludes halogenated alkanes) is 73. The van der Waals surface area contributed by atoms with E-state index in [2.05, 4.69) is 19.2 Å². The molecule has 1 amide bonds. The molecule has 0 saturated carbocycles. The molecule has 0 spiro atoms. The molecule has 2 unspecified atom stereocenters. The monoisotopic (exact) mass is 1310 g/mol. The Balaban J connectivity index is 3.30. The molecular formula is C87H173NO5. The van der Waals surface area contributed by atoms with Crippen LogP contribution in [0.3, 0.4) is 0 Å². The van der Waals surface area contributed by atoms with Gasteiger partial charge in [0.05, 0.1) is 25.4 Å². The number of ether oxygens (including phenoxy) is 1. The predicted octanol–water partition coefficient (Wildman–Crippen LogP) is 29.2. The maximum atomic E-state index is 12.6. The highest BCUT2D eigenvalue weighted by Crippen LogP contribution is 2.22. The third-order valence-corrected chi connectivity index (χ3v) is 21.2. The molecule has 0 aliphatic heterocycles. The summed E-state index contributed by atoms with van der Waals surface area (Å²) < 4.78 is 5.53. The summed E-state index contributed by atoms with van der Waals surface area (Å²) in [4.78, 5) is 24.7. The van der Waals surface area contributed by atoms with Crippen LogP contribution in [0.25, 0.3) is 0 Å². The highest BCUT2D eigenvalue weighted by molar-refractivity contribution is 5.76. The molecule has 0 aromatic heterocycles. The van der Waals surface area contributed by atoms with E-state index in [4.69, 9.17) is 4.74 Å². The van der Waals surface area contributed by atoms with Crippen LogP contribution in [0.5, 0.6) is 0 Å². The van der Waals surface area contributed by atoms with Crippen LogP contribution in [0.1, 0.15) is 521 Å². The van der Waals surface area contributed by atoms with Gasteiger partial charge in [-0.1, -0.05) is 483 Å². The summed E-state index contributed by atoms with van der Waals surface area (Å²) in [5.41, 5.74) is 0. The summed E-state index contributed by atoms with van der Waals surface area (Å²) in [6.45, 7) is 5.03. The molecule has 0 radical (unpaired) electrons. The van der Waals surface area contributed by atoms with Gasteiger partial charge in [0.25, 0.3) is 0 Å². The average molecular weight is 1310 g/mol. The average Bonchev–Trinajstić information content (AvgIpc) is 3.78. The number of hydrogen-bond acceptors (Lipinski definition) is 5. The van der Waals surface area contributed by atoms with Crippen LogP contribution in [0.2, 0.25) is 0 Å². The van der Waals surface area contributed by atoms with Crippen LogP contribution >= 0.6 is 0 Å². The van der Waals surface area contributed by atoms with Gasteiger partial charge in [-0.2, -0.15) is 0 Å². The van der Waals surface area contributed by atoms with Gasteiger partial charge in [-0.25, -0.2) is 0 Å². The molecule has 93 heavy (non-hydrogen) atoms. The number of rotatable bonds is 84. The number of aliphatic hydroxyl groups excluding tert-OH is 2. The first kappa shape index (κ1) is 91.9. The summed E-state index contributed by atoms with van der Waals surface area (Å²) in [7, 11) is 0. The normalized spacial score (nSPS) is 12.3. The lowest BCUT2D eigenvalue weighted by Crippen LogP contribution is -2.45. The molecule has 0 rings (SSSR count). The number of carbonyl (C=O) groups excluding carboxylic acids is 2. The summed E-state index contributed by atoms with van der Waals surface area (Å²) in [5.74, 6) is 0.00535. The van der Waals surface area contributed by atoms with E-state index in [1.165, 1.54) is 449 Å². The highest BCUT2D eigenvalue weighted by atomic mass is 16.5. The largest absolute Gasteiger partial charge is 0.466 e. The molecule has 2 atom stereocenters. The summed E-state index contributed by atoms with van der Waals surface area (Å²) in [5, 5.41) is 23.5. The third-order valence-electron chi connectivity index (χ3n) is 21.2. The molecule has 0 aromatic carbocycles. The van der Waals surface area contributed by atoms with Crippen LogP contribution in [-0.4, -0.2) is 47.4 Å². The maximum absolute atomic E-state index is 12.6. The van der Waals surface area contributed by atoms with E-state index in [-0.39, 0.29) is 18.5 Å². The van der Waals surface area contributed by atoms with Gasteiger partial charge in [-0.05, 0) is 25.7 Å². The first-order valence-electron chi connectivity index (χ1n) is 43.8. The van der Waals surface area contributed by atoms with Gasteiger partial charge in [0, 0.05) is 12.8 Å². The zero-order chi connectivity index (χ0) is 67.0. The number of esters is 1. The minimum atomic E-state index is -0.662. The zero-order valence-corrected chi connectivity index (χ0v) is 64.0.